The molecule has 1 atom stereocenters. The summed E-state index contributed by atoms with van der Waals surface area (Å²) >= 11 is 6.02. The fourth-order valence-corrected chi connectivity index (χ4v) is 2.19. The molecule has 5 heteroatoms. The zero-order valence-corrected chi connectivity index (χ0v) is 11.8. The fraction of sp³-hybridized carbons (Fsp3) is 0.200. The van der Waals surface area contributed by atoms with Gasteiger partial charge in [-0.1, -0.05) is 17.7 Å². The first-order valence-electron chi connectivity index (χ1n) is 6.06. The van der Waals surface area contributed by atoms with Crippen molar-refractivity contribution < 1.29 is 13.5 Å². The Morgan fingerprint density at radius 3 is 2.50 bits per heavy atom. The number of ether oxygens (including phenoxy) is 1. The number of nitrogens with one attached hydrogen (secondary N) is 1. The van der Waals surface area contributed by atoms with E-state index in [1.54, 1.807) is 25.1 Å². The van der Waals surface area contributed by atoms with Gasteiger partial charge in [-0.2, -0.15) is 0 Å². The molecule has 1 unspecified atom stereocenters. The summed E-state index contributed by atoms with van der Waals surface area (Å²) in [4.78, 5) is 0. The summed E-state index contributed by atoms with van der Waals surface area (Å²) in [5.74, 6) is -0.603. The standard InChI is InChI=1S/C15H14ClF2NO/c1-9(12-5-3-10(17)7-14(12)18)19-11-4-6-15(20-2)13(16)8-11/h3-9,19H,1-2H3. The van der Waals surface area contributed by atoms with Gasteiger partial charge in [-0.05, 0) is 31.2 Å². The van der Waals surface area contributed by atoms with E-state index in [4.69, 9.17) is 16.3 Å². The first-order valence-corrected chi connectivity index (χ1v) is 6.44. The third kappa shape index (κ3) is 3.20. The minimum Gasteiger partial charge on any atom is -0.495 e. The molecule has 0 heterocycles. The molecule has 0 aliphatic rings. The van der Waals surface area contributed by atoms with Crippen LogP contribution in [0, 0.1) is 11.6 Å². The fourth-order valence-electron chi connectivity index (χ4n) is 1.94. The summed E-state index contributed by atoms with van der Waals surface area (Å²) in [6.07, 6.45) is 0. The summed E-state index contributed by atoms with van der Waals surface area (Å²) in [5.41, 5.74) is 1.12. The van der Waals surface area contributed by atoms with Crippen molar-refractivity contribution in [3.05, 3.63) is 58.6 Å². The van der Waals surface area contributed by atoms with Crippen LogP contribution in [0.5, 0.6) is 5.75 Å². The van der Waals surface area contributed by atoms with Crippen molar-refractivity contribution in [2.24, 2.45) is 0 Å². The molecule has 2 aromatic rings. The van der Waals surface area contributed by atoms with Gasteiger partial charge in [0.25, 0.3) is 0 Å². The van der Waals surface area contributed by atoms with Crippen molar-refractivity contribution in [3.63, 3.8) is 0 Å². The van der Waals surface area contributed by atoms with Gasteiger partial charge in [0.2, 0.25) is 0 Å². The van der Waals surface area contributed by atoms with Crippen molar-refractivity contribution in [1.82, 2.24) is 0 Å². The molecule has 0 aliphatic carbocycles. The molecule has 0 fully saturated rings. The molecule has 106 valence electrons. The predicted octanol–water partition coefficient (Wildman–Crippen LogP) is 4.80. The number of rotatable bonds is 4. The minimum absolute atomic E-state index is 0.319. The molecule has 0 saturated heterocycles. The van der Waals surface area contributed by atoms with Crippen molar-refractivity contribution in [2.75, 3.05) is 12.4 Å². The van der Waals surface area contributed by atoms with Crippen LogP contribution in [0.15, 0.2) is 36.4 Å². The van der Waals surface area contributed by atoms with E-state index in [-0.39, 0.29) is 6.04 Å². The Bertz CT molecular complexity index is 619. The van der Waals surface area contributed by atoms with Crippen molar-refractivity contribution >= 4 is 17.3 Å². The van der Waals surface area contributed by atoms with Crippen LogP contribution in [-0.2, 0) is 0 Å². The Balaban J connectivity index is 2.18. The highest BCUT2D eigenvalue weighted by atomic mass is 35.5. The third-order valence-electron chi connectivity index (χ3n) is 2.96. The highest BCUT2D eigenvalue weighted by Crippen LogP contribution is 2.29. The van der Waals surface area contributed by atoms with Gasteiger partial charge in [-0.3, -0.25) is 0 Å². The molecule has 2 rings (SSSR count). The van der Waals surface area contributed by atoms with E-state index in [1.165, 1.54) is 19.2 Å². The normalized spacial score (nSPS) is 12.1. The Morgan fingerprint density at radius 2 is 1.90 bits per heavy atom. The largest absolute Gasteiger partial charge is 0.495 e. The molecular formula is C15H14ClF2NO. The number of hydrogen-bond acceptors (Lipinski definition) is 2. The molecule has 20 heavy (non-hydrogen) atoms. The maximum absolute atomic E-state index is 13.7. The first kappa shape index (κ1) is 14.6. The zero-order chi connectivity index (χ0) is 14.7. The highest BCUT2D eigenvalue weighted by Gasteiger charge is 2.12. The van der Waals surface area contributed by atoms with Gasteiger partial charge in [0, 0.05) is 17.3 Å². The lowest BCUT2D eigenvalue weighted by Crippen LogP contribution is -2.08. The van der Waals surface area contributed by atoms with Crippen LogP contribution in [0.1, 0.15) is 18.5 Å². The first-order chi connectivity index (χ1) is 9.51. The van der Waals surface area contributed by atoms with Crippen LogP contribution in [0.4, 0.5) is 14.5 Å². The van der Waals surface area contributed by atoms with Crippen molar-refractivity contribution in [1.29, 1.82) is 0 Å². The van der Waals surface area contributed by atoms with E-state index in [1.807, 2.05) is 0 Å². The van der Waals surface area contributed by atoms with Crippen molar-refractivity contribution in [3.8, 4) is 5.75 Å². The van der Waals surface area contributed by atoms with E-state index >= 15 is 0 Å². The molecule has 0 aromatic heterocycles. The quantitative estimate of drug-likeness (QED) is 0.875. The number of hydrogen-bond donors (Lipinski definition) is 1. The monoisotopic (exact) mass is 297 g/mol. The van der Waals surface area contributed by atoms with Gasteiger partial charge in [-0.25, -0.2) is 8.78 Å². The van der Waals surface area contributed by atoms with E-state index < -0.39 is 11.6 Å². The smallest absolute Gasteiger partial charge is 0.137 e. The maximum atomic E-state index is 13.7. The number of methoxy groups -OCH3 is 1. The SMILES string of the molecule is COc1ccc(NC(C)c2ccc(F)cc2F)cc1Cl. The summed E-state index contributed by atoms with van der Waals surface area (Å²) in [7, 11) is 1.53. The lowest BCUT2D eigenvalue weighted by molar-refractivity contribution is 0.415. The van der Waals surface area contributed by atoms with Gasteiger partial charge < -0.3 is 10.1 Å². The molecule has 0 aliphatic heterocycles. The summed E-state index contributed by atoms with van der Waals surface area (Å²) in [6, 6.07) is 8.40. The van der Waals surface area contributed by atoms with Crippen molar-refractivity contribution in [2.45, 2.75) is 13.0 Å². The topological polar surface area (TPSA) is 21.3 Å². The summed E-state index contributed by atoms with van der Waals surface area (Å²) in [6.45, 7) is 1.79. The number of benzene rings is 2. The minimum atomic E-state index is -0.592. The molecule has 0 bridgehead atoms. The lowest BCUT2D eigenvalue weighted by Gasteiger charge is -2.17. The molecule has 1 N–H and O–H groups in total. The Labute approximate surface area is 121 Å². The van der Waals surface area contributed by atoms with Gasteiger partial charge in [0.05, 0.1) is 18.2 Å². The van der Waals surface area contributed by atoms with E-state index in [0.717, 1.165) is 11.8 Å². The molecule has 2 aromatic carbocycles. The van der Waals surface area contributed by atoms with Crippen LogP contribution in [0.3, 0.4) is 0 Å². The third-order valence-corrected chi connectivity index (χ3v) is 3.26. The van der Waals surface area contributed by atoms with E-state index in [0.29, 0.717) is 16.3 Å². The predicted molar refractivity (Wildman–Crippen MR) is 76.4 cm³/mol. The zero-order valence-electron chi connectivity index (χ0n) is 11.1. The highest BCUT2D eigenvalue weighted by molar-refractivity contribution is 6.32. The van der Waals surface area contributed by atoms with Crippen LogP contribution < -0.4 is 10.1 Å². The number of halogens is 3. The molecule has 0 spiro atoms. The maximum Gasteiger partial charge on any atom is 0.137 e. The summed E-state index contributed by atoms with van der Waals surface area (Å²) < 4.78 is 31.6. The van der Waals surface area contributed by atoms with Crippen LogP contribution in [0.2, 0.25) is 5.02 Å². The van der Waals surface area contributed by atoms with E-state index in [2.05, 4.69) is 5.32 Å². The Morgan fingerprint density at radius 1 is 1.15 bits per heavy atom. The van der Waals surface area contributed by atoms with Gasteiger partial charge in [-0.15, -0.1) is 0 Å². The Kier molecular flexibility index (Phi) is 4.45. The van der Waals surface area contributed by atoms with Crippen LogP contribution >= 0.6 is 11.6 Å². The lowest BCUT2D eigenvalue weighted by atomic mass is 10.1. The molecule has 2 nitrogen and oxygen atoms in total. The van der Waals surface area contributed by atoms with E-state index in [9.17, 15) is 8.78 Å². The summed E-state index contributed by atoms with van der Waals surface area (Å²) in [5, 5.41) is 3.57. The molecule has 0 saturated carbocycles. The molecule has 0 radical (unpaired) electrons. The Hall–Kier alpha value is -1.81. The number of anilines is 1. The van der Waals surface area contributed by atoms with Gasteiger partial charge >= 0.3 is 0 Å². The second kappa shape index (κ2) is 6.09. The van der Waals surface area contributed by atoms with Crippen LogP contribution in [0.25, 0.3) is 0 Å². The second-order valence-corrected chi connectivity index (χ2v) is 4.79. The second-order valence-electron chi connectivity index (χ2n) is 4.38. The van der Waals surface area contributed by atoms with Crippen LogP contribution in [-0.4, -0.2) is 7.11 Å². The van der Waals surface area contributed by atoms with Gasteiger partial charge in [0.1, 0.15) is 17.4 Å². The molecular weight excluding hydrogens is 284 g/mol. The van der Waals surface area contributed by atoms with Gasteiger partial charge in [0.15, 0.2) is 0 Å². The average Bonchev–Trinajstić information content (AvgIpc) is 2.38. The molecule has 0 amide bonds. The average molecular weight is 298 g/mol.